The highest BCUT2D eigenvalue weighted by Crippen LogP contribution is 2.25. The van der Waals surface area contributed by atoms with Crippen LogP contribution >= 0.6 is 0 Å². The largest absolute Gasteiger partial charge is 0.497 e. The van der Waals surface area contributed by atoms with Gasteiger partial charge in [0.1, 0.15) is 11.6 Å². The zero-order valence-corrected chi connectivity index (χ0v) is 19.6. The van der Waals surface area contributed by atoms with Crippen molar-refractivity contribution in [2.24, 2.45) is 7.05 Å². The Hall–Kier alpha value is -2.75. The second kappa shape index (κ2) is 8.65. The van der Waals surface area contributed by atoms with E-state index >= 15 is 0 Å². The minimum Gasteiger partial charge on any atom is -0.497 e. The van der Waals surface area contributed by atoms with Crippen LogP contribution < -0.4 is 10.3 Å². The number of aryl methyl sites for hydroxylation is 1. The van der Waals surface area contributed by atoms with Crippen LogP contribution in [0.15, 0.2) is 52.2 Å². The molecule has 1 saturated heterocycles. The van der Waals surface area contributed by atoms with Crippen LogP contribution in [0.1, 0.15) is 24.4 Å². The van der Waals surface area contributed by atoms with Crippen LogP contribution in [-0.2, 0) is 17.1 Å². The van der Waals surface area contributed by atoms with Crippen molar-refractivity contribution in [2.75, 3.05) is 33.3 Å². The van der Waals surface area contributed by atoms with Gasteiger partial charge in [0.05, 0.1) is 29.0 Å². The molecule has 0 aliphatic carbocycles. The van der Waals surface area contributed by atoms with Gasteiger partial charge in [-0.05, 0) is 44.2 Å². The summed E-state index contributed by atoms with van der Waals surface area (Å²) in [7, 11) is -0.235. The Morgan fingerprint density at radius 3 is 2.31 bits per heavy atom. The molecule has 1 aromatic heterocycles. The summed E-state index contributed by atoms with van der Waals surface area (Å²) in [6.45, 7) is 5.83. The molecule has 1 aliphatic rings. The first kappa shape index (κ1) is 22.4. The molecule has 4 rings (SSSR count). The van der Waals surface area contributed by atoms with Gasteiger partial charge in [0.25, 0.3) is 5.56 Å². The van der Waals surface area contributed by atoms with Crippen LogP contribution in [-0.4, -0.2) is 60.5 Å². The maximum absolute atomic E-state index is 13.0. The van der Waals surface area contributed by atoms with E-state index in [1.807, 2.05) is 26.0 Å². The van der Waals surface area contributed by atoms with Crippen molar-refractivity contribution in [3.05, 3.63) is 64.2 Å². The Bertz CT molecular complexity index is 1290. The monoisotopic (exact) mass is 456 g/mol. The molecule has 0 spiro atoms. The van der Waals surface area contributed by atoms with Crippen molar-refractivity contribution in [2.45, 2.75) is 24.8 Å². The molecule has 0 amide bonds. The summed E-state index contributed by atoms with van der Waals surface area (Å²) in [5.74, 6) is 1.27. The highest BCUT2D eigenvalue weighted by Gasteiger charge is 2.31. The normalized spacial score (nSPS) is 16.9. The number of benzene rings is 2. The molecule has 2 aromatic carbocycles. The Kier molecular flexibility index (Phi) is 6.07. The lowest BCUT2D eigenvalue weighted by atomic mass is 10.2. The first-order valence-corrected chi connectivity index (χ1v) is 12.0. The molecule has 0 saturated carbocycles. The van der Waals surface area contributed by atoms with E-state index in [0.717, 1.165) is 5.56 Å². The average Bonchev–Trinajstić information content (AvgIpc) is 2.81. The van der Waals surface area contributed by atoms with E-state index in [1.165, 1.54) is 4.31 Å². The van der Waals surface area contributed by atoms with E-state index in [0.29, 0.717) is 53.6 Å². The van der Waals surface area contributed by atoms with Gasteiger partial charge in [-0.25, -0.2) is 13.4 Å². The van der Waals surface area contributed by atoms with Crippen LogP contribution in [0.3, 0.4) is 0 Å². The second-order valence-corrected chi connectivity index (χ2v) is 10.1. The van der Waals surface area contributed by atoms with Crippen LogP contribution in [0.2, 0.25) is 0 Å². The molecule has 1 fully saturated rings. The van der Waals surface area contributed by atoms with E-state index in [4.69, 9.17) is 9.72 Å². The third-order valence-electron chi connectivity index (χ3n) is 6.17. The topological polar surface area (TPSA) is 84.7 Å². The molecule has 170 valence electrons. The number of methoxy groups -OCH3 is 1. The fraction of sp³-hybridized carbons (Fsp3) is 0.391. The molecule has 0 bridgehead atoms. The highest BCUT2D eigenvalue weighted by molar-refractivity contribution is 7.89. The van der Waals surface area contributed by atoms with E-state index in [2.05, 4.69) is 4.90 Å². The second-order valence-electron chi connectivity index (χ2n) is 8.15. The van der Waals surface area contributed by atoms with Gasteiger partial charge in [-0.2, -0.15) is 4.31 Å². The van der Waals surface area contributed by atoms with E-state index in [9.17, 15) is 13.2 Å². The van der Waals surface area contributed by atoms with Crippen LogP contribution in [0, 0.1) is 6.92 Å². The number of hydrogen-bond acceptors (Lipinski definition) is 6. The van der Waals surface area contributed by atoms with Gasteiger partial charge >= 0.3 is 0 Å². The summed E-state index contributed by atoms with van der Waals surface area (Å²) in [4.78, 5) is 20.2. The third-order valence-corrected chi connectivity index (χ3v) is 8.08. The zero-order valence-electron chi connectivity index (χ0n) is 18.8. The molecular weight excluding hydrogens is 428 g/mol. The van der Waals surface area contributed by atoms with Crippen molar-refractivity contribution in [1.29, 1.82) is 0 Å². The third kappa shape index (κ3) is 4.03. The predicted molar refractivity (Wildman–Crippen MR) is 123 cm³/mol. The fourth-order valence-corrected chi connectivity index (χ4v) is 5.54. The van der Waals surface area contributed by atoms with Gasteiger partial charge in [-0.3, -0.25) is 14.3 Å². The zero-order chi connectivity index (χ0) is 23.0. The summed E-state index contributed by atoms with van der Waals surface area (Å²) >= 11 is 0. The lowest BCUT2D eigenvalue weighted by Crippen LogP contribution is -2.49. The summed E-state index contributed by atoms with van der Waals surface area (Å²) in [6.07, 6.45) is 0. The number of rotatable bonds is 5. The van der Waals surface area contributed by atoms with Gasteiger partial charge in [0, 0.05) is 33.2 Å². The maximum Gasteiger partial charge on any atom is 0.261 e. The molecule has 9 heteroatoms. The van der Waals surface area contributed by atoms with Crippen LogP contribution in [0.5, 0.6) is 5.75 Å². The van der Waals surface area contributed by atoms with E-state index < -0.39 is 10.0 Å². The molecule has 1 aliphatic heterocycles. The smallest absolute Gasteiger partial charge is 0.261 e. The van der Waals surface area contributed by atoms with Crippen LogP contribution in [0.4, 0.5) is 0 Å². The van der Waals surface area contributed by atoms with Crippen molar-refractivity contribution >= 4 is 20.9 Å². The fourth-order valence-electron chi connectivity index (χ4n) is 4.12. The molecular formula is C23H28N4O4S. The first-order valence-electron chi connectivity index (χ1n) is 10.6. The SMILES string of the molecule is COc1ccc2nc(C(C)N3CCN(S(=O)(=O)c4ccc(C)cc4)CC3)n(C)c(=O)c2c1. The number of aromatic nitrogens is 2. The molecule has 0 N–H and O–H groups in total. The van der Waals surface area contributed by atoms with Crippen molar-refractivity contribution in [1.82, 2.24) is 18.8 Å². The quantitative estimate of drug-likeness (QED) is 0.586. The maximum atomic E-state index is 13.0. The standard InChI is InChI=1S/C23H28N4O4S/c1-16-5-8-19(9-6-16)32(29,30)27-13-11-26(12-14-27)17(2)22-24-21-10-7-18(31-4)15-20(21)23(28)25(22)3/h5-10,15,17H,11-14H2,1-4H3. The molecule has 32 heavy (non-hydrogen) atoms. The van der Waals surface area contributed by atoms with Gasteiger partial charge in [0.2, 0.25) is 10.0 Å². The molecule has 3 aromatic rings. The lowest BCUT2D eigenvalue weighted by Gasteiger charge is -2.37. The van der Waals surface area contributed by atoms with Crippen molar-refractivity contribution < 1.29 is 13.2 Å². The molecule has 8 nitrogen and oxygen atoms in total. The van der Waals surface area contributed by atoms with Gasteiger partial charge in [-0.1, -0.05) is 17.7 Å². The lowest BCUT2D eigenvalue weighted by molar-refractivity contribution is 0.139. The minimum atomic E-state index is -3.52. The number of piperazine rings is 1. The van der Waals surface area contributed by atoms with Crippen LogP contribution in [0.25, 0.3) is 10.9 Å². The Labute approximate surface area is 188 Å². The average molecular weight is 457 g/mol. The molecule has 1 unspecified atom stereocenters. The highest BCUT2D eigenvalue weighted by atomic mass is 32.2. The molecule has 1 atom stereocenters. The number of fused-ring (bicyclic) bond motifs is 1. The van der Waals surface area contributed by atoms with Crippen molar-refractivity contribution in [3.63, 3.8) is 0 Å². The molecule has 0 radical (unpaired) electrons. The number of hydrogen-bond donors (Lipinski definition) is 0. The first-order chi connectivity index (χ1) is 15.2. The van der Waals surface area contributed by atoms with E-state index in [-0.39, 0.29) is 11.6 Å². The summed E-state index contributed by atoms with van der Waals surface area (Å²) < 4.78 is 34.3. The summed E-state index contributed by atoms with van der Waals surface area (Å²) in [5, 5.41) is 0.511. The number of nitrogens with zero attached hydrogens (tertiary/aromatic N) is 4. The summed E-state index contributed by atoms with van der Waals surface area (Å²) in [6, 6.07) is 12.1. The van der Waals surface area contributed by atoms with E-state index in [1.54, 1.807) is 49.1 Å². The number of sulfonamides is 1. The Morgan fingerprint density at radius 1 is 1.03 bits per heavy atom. The van der Waals surface area contributed by atoms with Gasteiger partial charge in [-0.15, -0.1) is 0 Å². The Morgan fingerprint density at radius 2 is 1.69 bits per heavy atom. The predicted octanol–water partition coefficient (Wildman–Crippen LogP) is 2.32. The minimum absolute atomic E-state index is 0.128. The van der Waals surface area contributed by atoms with Gasteiger partial charge in [0.15, 0.2) is 0 Å². The molecule has 2 heterocycles. The summed E-state index contributed by atoms with van der Waals surface area (Å²) in [5.41, 5.74) is 1.52. The van der Waals surface area contributed by atoms with Crippen molar-refractivity contribution in [3.8, 4) is 5.75 Å². The van der Waals surface area contributed by atoms with Gasteiger partial charge < -0.3 is 4.74 Å². The number of ether oxygens (including phenoxy) is 1. The Balaban J connectivity index is 1.54.